The molecular weight excluding hydrogens is 236 g/mol. The monoisotopic (exact) mass is 256 g/mol. The largest absolute Gasteiger partial charge is 0.303 e. The molecule has 0 unspecified atom stereocenters. The van der Waals surface area contributed by atoms with Crippen LogP contribution >= 0.6 is 0 Å². The highest BCUT2D eigenvalue weighted by molar-refractivity contribution is 5.04. The third kappa shape index (κ3) is 4.41. The van der Waals surface area contributed by atoms with Gasteiger partial charge in [-0.15, -0.1) is 0 Å². The molecule has 0 aliphatic carbocycles. The molecule has 0 amide bonds. The van der Waals surface area contributed by atoms with Gasteiger partial charge in [-0.1, -0.05) is 6.07 Å². The number of aromatic nitrogens is 3. The van der Waals surface area contributed by atoms with E-state index in [4.69, 9.17) is 0 Å². The summed E-state index contributed by atoms with van der Waals surface area (Å²) >= 11 is 0. The van der Waals surface area contributed by atoms with Gasteiger partial charge in [0.1, 0.15) is 0 Å². The maximum Gasteiger partial charge on any atom is 0.0602 e. The number of hydrogen-bond donors (Lipinski definition) is 0. The summed E-state index contributed by atoms with van der Waals surface area (Å²) in [5.41, 5.74) is 2.18. The molecule has 2 heterocycles. The minimum Gasteiger partial charge on any atom is -0.303 e. The smallest absolute Gasteiger partial charge is 0.0602 e. The van der Waals surface area contributed by atoms with E-state index in [-0.39, 0.29) is 0 Å². The van der Waals surface area contributed by atoms with Crippen molar-refractivity contribution >= 4 is 0 Å². The Balaban J connectivity index is 1.81. The van der Waals surface area contributed by atoms with Crippen molar-refractivity contribution in [3.8, 4) is 0 Å². The van der Waals surface area contributed by atoms with Gasteiger partial charge in [0.05, 0.1) is 5.69 Å². The lowest BCUT2D eigenvalue weighted by atomic mass is 10.1. The van der Waals surface area contributed by atoms with Crippen LogP contribution in [0.3, 0.4) is 0 Å². The standard InChI is InChI=1S/C15H20N4/c1-13(11-15-12-16-8-9-18-15)19(2)10-6-14-5-3-4-7-17-14/h3-5,7-9,12-13H,6,10-11H2,1-2H3/t13-/m1/s1. The van der Waals surface area contributed by atoms with E-state index in [0.29, 0.717) is 6.04 Å². The first-order valence-electron chi connectivity index (χ1n) is 6.61. The first-order valence-corrected chi connectivity index (χ1v) is 6.61. The second-order valence-electron chi connectivity index (χ2n) is 4.80. The summed E-state index contributed by atoms with van der Waals surface area (Å²) in [4.78, 5) is 15.1. The Hall–Kier alpha value is -1.81. The molecule has 0 radical (unpaired) electrons. The predicted octanol–water partition coefficient (Wildman–Crippen LogP) is 1.98. The summed E-state index contributed by atoms with van der Waals surface area (Å²) in [6.07, 6.45) is 9.03. The lowest BCUT2D eigenvalue weighted by molar-refractivity contribution is 0.257. The van der Waals surface area contributed by atoms with Gasteiger partial charge in [0.25, 0.3) is 0 Å². The molecule has 0 aliphatic heterocycles. The molecule has 0 saturated heterocycles. The van der Waals surface area contributed by atoms with Crippen LogP contribution in [0.4, 0.5) is 0 Å². The van der Waals surface area contributed by atoms with E-state index in [2.05, 4.69) is 39.9 Å². The highest BCUT2D eigenvalue weighted by Gasteiger charge is 2.10. The van der Waals surface area contributed by atoms with E-state index in [0.717, 1.165) is 30.8 Å². The fraction of sp³-hybridized carbons (Fsp3) is 0.400. The Bertz CT molecular complexity index is 472. The molecule has 19 heavy (non-hydrogen) atoms. The Morgan fingerprint density at radius 2 is 1.95 bits per heavy atom. The van der Waals surface area contributed by atoms with Gasteiger partial charge in [0, 0.05) is 55.9 Å². The average Bonchev–Trinajstić information content (AvgIpc) is 2.47. The average molecular weight is 256 g/mol. The fourth-order valence-electron chi connectivity index (χ4n) is 1.95. The van der Waals surface area contributed by atoms with Crippen LogP contribution < -0.4 is 0 Å². The van der Waals surface area contributed by atoms with Crippen LogP contribution in [-0.4, -0.2) is 39.5 Å². The Kier molecular flexibility index (Phi) is 4.98. The number of nitrogens with zero attached hydrogens (tertiary/aromatic N) is 4. The quantitative estimate of drug-likeness (QED) is 0.792. The summed E-state index contributed by atoms with van der Waals surface area (Å²) in [5.74, 6) is 0. The van der Waals surface area contributed by atoms with Crippen molar-refractivity contribution in [2.45, 2.75) is 25.8 Å². The third-order valence-corrected chi connectivity index (χ3v) is 3.32. The fourth-order valence-corrected chi connectivity index (χ4v) is 1.95. The number of hydrogen-bond acceptors (Lipinski definition) is 4. The van der Waals surface area contributed by atoms with Gasteiger partial charge in [0.2, 0.25) is 0 Å². The van der Waals surface area contributed by atoms with Crippen LogP contribution in [0.15, 0.2) is 43.0 Å². The summed E-state index contributed by atoms with van der Waals surface area (Å²) in [6, 6.07) is 6.50. The summed E-state index contributed by atoms with van der Waals surface area (Å²) < 4.78 is 0. The molecule has 0 bridgehead atoms. The van der Waals surface area contributed by atoms with E-state index in [1.54, 1.807) is 12.4 Å². The van der Waals surface area contributed by atoms with Crippen molar-refractivity contribution in [1.82, 2.24) is 19.9 Å². The van der Waals surface area contributed by atoms with Crippen LogP contribution in [0.5, 0.6) is 0 Å². The molecule has 100 valence electrons. The van der Waals surface area contributed by atoms with Crippen molar-refractivity contribution in [2.24, 2.45) is 0 Å². The summed E-state index contributed by atoms with van der Waals surface area (Å²) in [6.45, 7) is 3.21. The highest BCUT2D eigenvalue weighted by atomic mass is 15.1. The molecule has 2 aromatic heterocycles. The number of likely N-dealkylation sites (N-methyl/N-ethyl adjacent to an activating group) is 1. The van der Waals surface area contributed by atoms with Crippen LogP contribution in [0.1, 0.15) is 18.3 Å². The third-order valence-electron chi connectivity index (χ3n) is 3.32. The van der Waals surface area contributed by atoms with E-state index in [1.165, 1.54) is 0 Å². The lowest BCUT2D eigenvalue weighted by Gasteiger charge is -2.24. The van der Waals surface area contributed by atoms with Crippen molar-refractivity contribution in [3.05, 3.63) is 54.4 Å². The molecule has 2 rings (SSSR count). The van der Waals surface area contributed by atoms with Crippen LogP contribution in [-0.2, 0) is 12.8 Å². The van der Waals surface area contributed by atoms with Crippen molar-refractivity contribution in [1.29, 1.82) is 0 Å². The van der Waals surface area contributed by atoms with Gasteiger partial charge in [0.15, 0.2) is 0 Å². The minimum atomic E-state index is 0.445. The van der Waals surface area contributed by atoms with Gasteiger partial charge in [-0.2, -0.15) is 0 Å². The molecule has 0 fully saturated rings. The second-order valence-corrected chi connectivity index (χ2v) is 4.80. The maximum absolute atomic E-state index is 4.35. The van der Waals surface area contributed by atoms with Crippen LogP contribution in [0, 0.1) is 0 Å². The first-order chi connectivity index (χ1) is 9.25. The van der Waals surface area contributed by atoms with Gasteiger partial charge in [-0.3, -0.25) is 15.0 Å². The van der Waals surface area contributed by atoms with Crippen molar-refractivity contribution < 1.29 is 0 Å². The minimum absolute atomic E-state index is 0.445. The van der Waals surface area contributed by atoms with E-state index in [9.17, 15) is 0 Å². The van der Waals surface area contributed by atoms with E-state index >= 15 is 0 Å². The molecule has 4 heteroatoms. The highest BCUT2D eigenvalue weighted by Crippen LogP contribution is 2.05. The summed E-state index contributed by atoms with van der Waals surface area (Å²) in [7, 11) is 2.14. The first kappa shape index (κ1) is 13.6. The lowest BCUT2D eigenvalue weighted by Crippen LogP contribution is -2.33. The SMILES string of the molecule is C[C@H](Cc1cnccn1)N(C)CCc1ccccn1. The van der Waals surface area contributed by atoms with Crippen LogP contribution in [0.25, 0.3) is 0 Å². The molecule has 0 saturated carbocycles. The zero-order valence-corrected chi connectivity index (χ0v) is 11.5. The zero-order valence-electron chi connectivity index (χ0n) is 11.5. The molecule has 1 atom stereocenters. The topological polar surface area (TPSA) is 41.9 Å². The van der Waals surface area contributed by atoms with Crippen molar-refractivity contribution in [3.63, 3.8) is 0 Å². The number of rotatable bonds is 6. The Labute approximate surface area is 114 Å². The van der Waals surface area contributed by atoms with Gasteiger partial charge < -0.3 is 4.90 Å². The molecule has 0 aliphatic rings. The van der Waals surface area contributed by atoms with Gasteiger partial charge >= 0.3 is 0 Å². The Morgan fingerprint density at radius 1 is 1.11 bits per heavy atom. The normalized spacial score (nSPS) is 12.6. The number of pyridine rings is 1. The summed E-state index contributed by atoms with van der Waals surface area (Å²) in [5, 5.41) is 0. The molecule has 0 aromatic carbocycles. The molecule has 0 N–H and O–H groups in total. The van der Waals surface area contributed by atoms with Gasteiger partial charge in [-0.05, 0) is 26.1 Å². The molecule has 0 spiro atoms. The zero-order chi connectivity index (χ0) is 13.5. The van der Waals surface area contributed by atoms with E-state index < -0.39 is 0 Å². The maximum atomic E-state index is 4.35. The van der Waals surface area contributed by atoms with Gasteiger partial charge in [-0.25, -0.2) is 0 Å². The van der Waals surface area contributed by atoms with E-state index in [1.807, 2.05) is 24.5 Å². The predicted molar refractivity (Wildman–Crippen MR) is 75.8 cm³/mol. The van der Waals surface area contributed by atoms with Crippen molar-refractivity contribution in [2.75, 3.05) is 13.6 Å². The molecule has 4 nitrogen and oxygen atoms in total. The molecular formula is C15H20N4. The Morgan fingerprint density at radius 3 is 2.63 bits per heavy atom. The van der Waals surface area contributed by atoms with Crippen LogP contribution in [0.2, 0.25) is 0 Å². The second kappa shape index (κ2) is 6.95. The molecule has 2 aromatic rings.